The van der Waals surface area contributed by atoms with Crippen molar-refractivity contribution in [1.82, 2.24) is 9.55 Å². The molecule has 0 bridgehead atoms. The minimum Gasteiger partial charge on any atom is -0.490 e. The Balaban J connectivity index is 1.80. The molecule has 0 radical (unpaired) electrons. The fraction of sp³-hybridized carbons (Fsp3) is 0.417. The summed E-state index contributed by atoms with van der Waals surface area (Å²) < 4.78 is 34.3. The van der Waals surface area contributed by atoms with Gasteiger partial charge in [0.2, 0.25) is 5.92 Å². The maximum absolute atomic E-state index is 13.6. The Bertz CT molecular complexity index is 1250. The van der Waals surface area contributed by atoms with Gasteiger partial charge in [-0.25, -0.2) is 8.78 Å². The zero-order valence-corrected chi connectivity index (χ0v) is 19.1. The van der Waals surface area contributed by atoms with Crippen LogP contribution in [0.15, 0.2) is 46.3 Å². The van der Waals surface area contributed by atoms with Crippen LogP contribution >= 0.6 is 11.8 Å². The molecule has 2 aromatic heterocycles. The number of nitrogens with zero attached hydrogens (tertiary/aromatic N) is 2. The molecule has 2 heterocycles. The molecule has 0 amide bonds. The molecule has 4 rings (SSSR count). The molecular formula is C24H25F2N3O2S. The first kappa shape index (κ1) is 22.4. The number of aromatic amines is 1. The van der Waals surface area contributed by atoms with Crippen LogP contribution < -0.4 is 10.3 Å². The molecule has 5 nitrogen and oxygen atoms in total. The molecule has 8 heteroatoms. The summed E-state index contributed by atoms with van der Waals surface area (Å²) in [7, 11) is 1.69. The second-order valence-corrected chi connectivity index (χ2v) is 10.5. The van der Waals surface area contributed by atoms with E-state index in [9.17, 15) is 18.8 Å². The lowest BCUT2D eigenvalue weighted by molar-refractivity contribution is -0.0581. The average Bonchev–Trinajstić information content (AvgIpc) is 3.23. The largest absolute Gasteiger partial charge is 0.490 e. The number of ether oxygens (including phenoxy) is 1. The van der Waals surface area contributed by atoms with Gasteiger partial charge in [0, 0.05) is 53.7 Å². The quantitative estimate of drug-likeness (QED) is 0.486. The number of nitriles is 1. The van der Waals surface area contributed by atoms with E-state index in [0.717, 1.165) is 21.4 Å². The Morgan fingerprint density at radius 1 is 1.25 bits per heavy atom. The maximum Gasteiger partial charge on any atom is 0.274 e. The van der Waals surface area contributed by atoms with Crippen molar-refractivity contribution in [3.63, 3.8) is 0 Å². The van der Waals surface area contributed by atoms with Crippen LogP contribution in [0.3, 0.4) is 0 Å². The summed E-state index contributed by atoms with van der Waals surface area (Å²) in [4.78, 5) is 16.4. The van der Waals surface area contributed by atoms with E-state index < -0.39 is 10.7 Å². The molecule has 1 aromatic carbocycles. The molecule has 0 atom stereocenters. The Morgan fingerprint density at radius 3 is 2.66 bits per heavy atom. The highest BCUT2D eigenvalue weighted by Gasteiger charge is 2.36. The first-order valence-electron chi connectivity index (χ1n) is 10.5. The number of rotatable bonds is 5. The minimum absolute atomic E-state index is 0.137. The van der Waals surface area contributed by atoms with Gasteiger partial charge in [-0.15, -0.1) is 11.8 Å². The highest BCUT2D eigenvalue weighted by atomic mass is 32.2. The number of pyridine rings is 1. The number of aromatic nitrogens is 2. The predicted molar refractivity (Wildman–Crippen MR) is 122 cm³/mol. The normalized spacial score (nSPS) is 16.8. The third kappa shape index (κ3) is 4.53. The number of alkyl halides is 2. The van der Waals surface area contributed by atoms with Gasteiger partial charge in [-0.05, 0) is 51.0 Å². The van der Waals surface area contributed by atoms with Crippen molar-refractivity contribution in [3.05, 3.63) is 47.0 Å². The van der Waals surface area contributed by atoms with Crippen molar-refractivity contribution in [1.29, 1.82) is 5.26 Å². The Morgan fingerprint density at radius 2 is 1.97 bits per heavy atom. The van der Waals surface area contributed by atoms with Crippen LogP contribution in [0.5, 0.6) is 5.75 Å². The van der Waals surface area contributed by atoms with E-state index in [4.69, 9.17) is 4.74 Å². The number of nitrogens with one attached hydrogen (secondary N) is 1. The number of H-pyrrole nitrogens is 1. The maximum atomic E-state index is 13.6. The van der Waals surface area contributed by atoms with Crippen molar-refractivity contribution in [2.24, 2.45) is 7.05 Å². The van der Waals surface area contributed by atoms with E-state index in [0.29, 0.717) is 11.3 Å². The Kier molecular flexibility index (Phi) is 5.80. The lowest BCUT2D eigenvalue weighted by Crippen LogP contribution is -2.30. The van der Waals surface area contributed by atoms with Gasteiger partial charge in [-0.2, -0.15) is 5.26 Å². The van der Waals surface area contributed by atoms with Crippen LogP contribution in [0.1, 0.15) is 39.5 Å². The number of thioether (sulfide) groups is 1. The third-order valence-electron chi connectivity index (χ3n) is 5.74. The van der Waals surface area contributed by atoms with Crippen molar-refractivity contribution < 1.29 is 13.5 Å². The van der Waals surface area contributed by atoms with Gasteiger partial charge < -0.3 is 14.3 Å². The topological polar surface area (TPSA) is 70.8 Å². The van der Waals surface area contributed by atoms with Crippen LogP contribution in [0.25, 0.3) is 22.0 Å². The van der Waals surface area contributed by atoms with Gasteiger partial charge in [0.25, 0.3) is 5.56 Å². The van der Waals surface area contributed by atoms with Crippen molar-refractivity contribution in [2.75, 3.05) is 0 Å². The summed E-state index contributed by atoms with van der Waals surface area (Å²) in [5.74, 6) is -2.04. The lowest BCUT2D eigenvalue weighted by atomic mass is 9.94. The molecule has 1 aliphatic carbocycles. The fourth-order valence-corrected chi connectivity index (χ4v) is 4.95. The fourth-order valence-electron chi connectivity index (χ4n) is 4.00. The van der Waals surface area contributed by atoms with Crippen molar-refractivity contribution >= 4 is 22.7 Å². The highest BCUT2D eigenvalue weighted by molar-refractivity contribution is 8.00. The van der Waals surface area contributed by atoms with Crippen LogP contribution in [0, 0.1) is 11.3 Å². The molecule has 1 N–H and O–H groups in total. The van der Waals surface area contributed by atoms with Crippen LogP contribution in [-0.2, 0) is 7.05 Å². The van der Waals surface area contributed by atoms with Crippen molar-refractivity contribution in [2.45, 2.75) is 61.2 Å². The van der Waals surface area contributed by atoms with E-state index in [2.05, 4.69) is 11.1 Å². The number of halogens is 2. The zero-order chi connectivity index (χ0) is 23.1. The molecule has 32 heavy (non-hydrogen) atoms. The SMILES string of the molecule is Cn1cc(-c2cc(SC(C)(C)C#N)ccc2OC2CCC(F)(F)CC2)c2cc[nH]c2c1=O. The molecule has 168 valence electrons. The van der Waals surface area contributed by atoms with E-state index in [1.807, 2.05) is 38.1 Å². The van der Waals surface area contributed by atoms with Crippen LogP contribution in [-0.4, -0.2) is 26.3 Å². The summed E-state index contributed by atoms with van der Waals surface area (Å²) in [6.45, 7) is 3.70. The van der Waals surface area contributed by atoms with Gasteiger partial charge in [0.15, 0.2) is 0 Å². The van der Waals surface area contributed by atoms with Gasteiger partial charge in [-0.1, -0.05) is 0 Å². The monoisotopic (exact) mass is 457 g/mol. The summed E-state index contributed by atoms with van der Waals surface area (Å²) in [6, 6.07) is 9.80. The summed E-state index contributed by atoms with van der Waals surface area (Å²) in [5.41, 5.74) is 1.92. The van der Waals surface area contributed by atoms with E-state index >= 15 is 0 Å². The van der Waals surface area contributed by atoms with Crippen molar-refractivity contribution in [3.8, 4) is 22.9 Å². The first-order valence-corrected chi connectivity index (χ1v) is 11.4. The number of hydrogen-bond donors (Lipinski definition) is 1. The minimum atomic E-state index is -2.62. The average molecular weight is 458 g/mol. The lowest BCUT2D eigenvalue weighted by Gasteiger charge is -2.29. The van der Waals surface area contributed by atoms with Gasteiger partial charge in [0.1, 0.15) is 16.0 Å². The summed E-state index contributed by atoms with van der Waals surface area (Å²) in [6.07, 6.45) is 3.40. The molecular weight excluding hydrogens is 432 g/mol. The van der Waals surface area contributed by atoms with Gasteiger partial charge in [-0.3, -0.25) is 4.79 Å². The summed E-state index contributed by atoms with van der Waals surface area (Å²) in [5, 5.41) is 10.2. The smallest absolute Gasteiger partial charge is 0.274 e. The van der Waals surface area contributed by atoms with Crippen LogP contribution in [0.2, 0.25) is 0 Å². The van der Waals surface area contributed by atoms with Gasteiger partial charge in [0.05, 0.1) is 12.2 Å². The third-order valence-corrected chi connectivity index (χ3v) is 6.83. The standard InChI is InChI=1S/C24H25F2N3O2S/c1-23(2,14-27)32-16-4-5-20(31-15-6-9-24(25,26)10-7-15)18(12-16)19-13-29(3)22(30)21-17(19)8-11-28-21/h4-5,8,11-13,15,28H,6-7,9-10H2,1-3H3. The zero-order valence-electron chi connectivity index (χ0n) is 18.2. The molecule has 0 saturated heterocycles. The molecule has 1 aliphatic rings. The van der Waals surface area contributed by atoms with E-state index in [-0.39, 0.29) is 37.3 Å². The Hall–Kier alpha value is -2.79. The number of aryl methyl sites for hydroxylation is 1. The van der Waals surface area contributed by atoms with Gasteiger partial charge >= 0.3 is 0 Å². The number of hydrogen-bond acceptors (Lipinski definition) is 4. The first-order chi connectivity index (χ1) is 15.1. The number of benzene rings is 1. The predicted octanol–water partition coefficient (Wildman–Crippen LogP) is 5.88. The van der Waals surface area contributed by atoms with E-state index in [1.54, 1.807) is 19.4 Å². The van der Waals surface area contributed by atoms with Crippen LogP contribution in [0.4, 0.5) is 8.78 Å². The molecule has 1 saturated carbocycles. The van der Waals surface area contributed by atoms with E-state index in [1.165, 1.54) is 16.3 Å². The molecule has 0 spiro atoms. The number of fused-ring (bicyclic) bond motifs is 1. The molecule has 0 unspecified atom stereocenters. The molecule has 0 aliphatic heterocycles. The summed E-state index contributed by atoms with van der Waals surface area (Å²) >= 11 is 1.43. The Labute approximate surface area is 189 Å². The molecule has 1 fully saturated rings. The molecule has 3 aromatic rings. The second kappa shape index (κ2) is 8.28. The second-order valence-electron chi connectivity index (χ2n) is 8.78. The highest BCUT2D eigenvalue weighted by Crippen LogP contribution is 2.42.